The van der Waals surface area contributed by atoms with Crippen LogP contribution in [0.1, 0.15) is 49.6 Å². The molecular formula is C17H24N2O4. The average Bonchev–Trinajstić information content (AvgIpc) is 3.10. The molecule has 0 bridgehead atoms. The Morgan fingerprint density at radius 3 is 2.78 bits per heavy atom. The number of hydrogen-bond acceptors (Lipinski definition) is 4. The van der Waals surface area contributed by atoms with Gasteiger partial charge in [0.25, 0.3) is 5.91 Å². The number of carbonyl (C=O) groups excluding carboxylic acids is 2. The van der Waals surface area contributed by atoms with Crippen LogP contribution in [0.5, 0.6) is 0 Å². The van der Waals surface area contributed by atoms with Crippen molar-refractivity contribution in [2.75, 3.05) is 19.8 Å². The molecule has 1 unspecified atom stereocenters. The number of nitrogens with one attached hydrogen (secondary N) is 1. The number of ether oxygens (including phenoxy) is 1. The molecule has 1 spiro atoms. The normalized spacial score (nSPS) is 21.9. The fourth-order valence-electron chi connectivity index (χ4n) is 3.67. The quantitative estimate of drug-likeness (QED) is 0.924. The zero-order chi connectivity index (χ0) is 16.3. The lowest BCUT2D eigenvalue weighted by Crippen LogP contribution is -2.63. The zero-order valence-electron chi connectivity index (χ0n) is 13.5. The lowest BCUT2D eigenvalue weighted by molar-refractivity contribution is -0.154. The van der Waals surface area contributed by atoms with Crippen molar-refractivity contribution in [3.63, 3.8) is 0 Å². The Bertz CT molecular complexity index is 541. The molecule has 2 heterocycles. The van der Waals surface area contributed by atoms with E-state index in [1.54, 1.807) is 19.1 Å². The van der Waals surface area contributed by atoms with Crippen LogP contribution in [0.2, 0.25) is 0 Å². The second kappa shape index (κ2) is 6.74. The minimum Gasteiger partial charge on any atom is -0.459 e. The smallest absolute Gasteiger partial charge is 0.287 e. The third kappa shape index (κ3) is 3.27. The van der Waals surface area contributed by atoms with Crippen molar-refractivity contribution in [2.45, 2.75) is 50.6 Å². The topological polar surface area (TPSA) is 71.8 Å². The predicted molar refractivity (Wildman–Crippen MR) is 84.0 cm³/mol. The van der Waals surface area contributed by atoms with Crippen LogP contribution < -0.4 is 5.32 Å². The van der Waals surface area contributed by atoms with Gasteiger partial charge in [0.2, 0.25) is 5.91 Å². The molecule has 2 amide bonds. The van der Waals surface area contributed by atoms with Crippen LogP contribution in [0.3, 0.4) is 0 Å². The van der Waals surface area contributed by atoms with Crippen LogP contribution in [0.25, 0.3) is 0 Å². The third-order valence-electron chi connectivity index (χ3n) is 4.92. The van der Waals surface area contributed by atoms with E-state index in [9.17, 15) is 9.59 Å². The van der Waals surface area contributed by atoms with Crippen molar-refractivity contribution in [3.8, 4) is 0 Å². The van der Waals surface area contributed by atoms with E-state index in [0.29, 0.717) is 19.8 Å². The van der Waals surface area contributed by atoms with E-state index < -0.39 is 6.04 Å². The van der Waals surface area contributed by atoms with Gasteiger partial charge in [-0.05, 0) is 31.9 Å². The first-order valence-corrected chi connectivity index (χ1v) is 8.36. The minimum atomic E-state index is -0.579. The second-order valence-electron chi connectivity index (χ2n) is 6.50. The fourth-order valence-corrected chi connectivity index (χ4v) is 3.67. The van der Waals surface area contributed by atoms with Crippen molar-refractivity contribution in [2.24, 2.45) is 0 Å². The van der Waals surface area contributed by atoms with Gasteiger partial charge in [0.1, 0.15) is 6.04 Å². The van der Waals surface area contributed by atoms with Gasteiger partial charge in [0.05, 0.1) is 25.0 Å². The van der Waals surface area contributed by atoms with E-state index in [4.69, 9.17) is 9.15 Å². The number of hydrogen-bond donors (Lipinski definition) is 1. The van der Waals surface area contributed by atoms with E-state index >= 15 is 0 Å². The SMILES string of the molecule is CC(NC(=O)c1ccco1)C(=O)N1CCOCC12CCCCC2. The van der Waals surface area contributed by atoms with Crippen LogP contribution in [-0.2, 0) is 9.53 Å². The molecular weight excluding hydrogens is 296 g/mol. The molecule has 2 fully saturated rings. The summed E-state index contributed by atoms with van der Waals surface area (Å²) in [5.41, 5.74) is -0.183. The van der Waals surface area contributed by atoms with Crippen LogP contribution in [0.4, 0.5) is 0 Å². The van der Waals surface area contributed by atoms with Gasteiger partial charge in [-0.2, -0.15) is 0 Å². The van der Waals surface area contributed by atoms with Gasteiger partial charge in [-0.15, -0.1) is 0 Å². The van der Waals surface area contributed by atoms with Gasteiger partial charge in [0, 0.05) is 6.54 Å². The lowest BCUT2D eigenvalue weighted by atomic mass is 9.80. The highest BCUT2D eigenvalue weighted by Gasteiger charge is 2.44. The summed E-state index contributed by atoms with van der Waals surface area (Å²) in [7, 11) is 0. The molecule has 1 N–H and O–H groups in total. The molecule has 3 rings (SSSR count). The third-order valence-corrected chi connectivity index (χ3v) is 4.92. The largest absolute Gasteiger partial charge is 0.459 e. The molecule has 1 saturated carbocycles. The summed E-state index contributed by atoms with van der Waals surface area (Å²) < 4.78 is 10.7. The number of nitrogens with zero attached hydrogens (tertiary/aromatic N) is 1. The number of carbonyl (C=O) groups is 2. The van der Waals surface area contributed by atoms with Gasteiger partial charge >= 0.3 is 0 Å². The van der Waals surface area contributed by atoms with Crippen molar-refractivity contribution in [3.05, 3.63) is 24.2 Å². The minimum absolute atomic E-state index is 0.0323. The lowest BCUT2D eigenvalue weighted by Gasteiger charge is -2.49. The molecule has 6 heteroatoms. The Kier molecular flexibility index (Phi) is 4.71. The zero-order valence-corrected chi connectivity index (χ0v) is 13.5. The van der Waals surface area contributed by atoms with E-state index in [-0.39, 0.29) is 23.1 Å². The van der Waals surface area contributed by atoms with Crippen molar-refractivity contribution in [1.82, 2.24) is 10.2 Å². The number of rotatable bonds is 3. The summed E-state index contributed by atoms with van der Waals surface area (Å²) in [6.45, 7) is 3.50. The maximum Gasteiger partial charge on any atom is 0.287 e. The summed E-state index contributed by atoms with van der Waals surface area (Å²) >= 11 is 0. The molecule has 126 valence electrons. The van der Waals surface area contributed by atoms with E-state index in [1.165, 1.54) is 12.7 Å². The highest BCUT2D eigenvalue weighted by atomic mass is 16.5. The first-order chi connectivity index (χ1) is 11.1. The Balaban J connectivity index is 1.68. The molecule has 23 heavy (non-hydrogen) atoms. The molecule has 1 aromatic rings. The molecule has 6 nitrogen and oxygen atoms in total. The van der Waals surface area contributed by atoms with Crippen LogP contribution in [0, 0.1) is 0 Å². The van der Waals surface area contributed by atoms with Crippen molar-refractivity contribution < 1.29 is 18.7 Å². The molecule has 0 radical (unpaired) electrons. The van der Waals surface area contributed by atoms with Crippen molar-refractivity contribution >= 4 is 11.8 Å². The van der Waals surface area contributed by atoms with Crippen molar-refractivity contribution in [1.29, 1.82) is 0 Å². The fraction of sp³-hybridized carbons (Fsp3) is 0.647. The molecule has 1 atom stereocenters. The van der Waals surface area contributed by atoms with Gasteiger partial charge in [-0.3, -0.25) is 9.59 Å². The summed E-state index contributed by atoms with van der Waals surface area (Å²) in [5.74, 6) is -0.170. The Hall–Kier alpha value is -1.82. The Morgan fingerprint density at radius 1 is 1.30 bits per heavy atom. The Morgan fingerprint density at radius 2 is 2.09 bits per heavy atom. The predicted octanol–water partition coefficient (Wildman–Crippen LogP) is 1.96. The highest BCUT2D eigenvalue weighted by Crippen LogP contribution is 2.36. The van der Waals surface area contributed by atoms with E-state index in [0.717, 1.165) is 25.7 Å². The summed E-state index contributed by atoms with van der Waals surface area (Å²) in [6, 6.07) is 2.66. The molecule has 1 aromatic heterocycles. The molecule has 1 saturated heterocycles. The molecule has 2 aliphatic rings. The molecule has 1 aliphatic carbocycles. The summed E-state index contributed by atoms with van der Waals surface area (Å²) in [4.78, 5) is 26.9. The highest BCUT2D eigenvalue weighted by molar-refractivity contribution is 5.95. The van der Waals surface area contributed by atoms with Gasteiger partial charge < -0.3 is 19.4 Å². The van der Waals surface area contributed by atoms with Gasteiger partial charge in [-0.25, -0.2) is 0 Å². The summed E-state index contributed by atoms with van der Waals surface area (Å²) in [5, 5.41) is 2.74. The standard InChI is InChI=1S/C17H24N2O4/c1-13(18-15(20)14-6-5-10-23-14)16(21)19-9-11-22-12-17(19)7-3-2-4-8-17/h5-6,10,13H,2-4,7-9,11-12H2,1H3,(H,18,20). The second-order valence-corrected chi connectivity index (χ2v) is 6.50. The van der Waals surface area contributed by atoms with Gasteiger partial charge in [-0.1, -0.05) is 19.3 Å². The van der Waals surface area contributed by atoms with E-state index in [1.807, 2.05) is 4.90 Å². The summed E-state index contributed by atoms with van der Waals surface area (Å²) in [6.07, 6.45) is 6.88. The molecule has 1 aliphatic heterocycles. The molecule has 0 aromatic carbocycles. The Labute approximate surface area is 136 Å². The first kappa shape index (κ1) is 16.1. The van der Waals surface area contributed by atoms with Gasteiger partial charge in [0.15, 0.2) is 5.76 Å². The average molecular weight is 320 g/mol. The van der Waals surface area contributed by atoms with Crippen LogP contribution in [0.15, 0.2) is 22.8 Å². The van der Waals surface area contributed by atoms with Crippen LogP contribution in [-0.4, -0.2) is 48.1 Å². The number of furan rings is 1. The number of amides is 2. The monoisotopic (exact) mass is 320 g/mol. The first-order valence-electron chi connectivity index (χ1n) is 8.36. The maximum absolute atomic E-state index is 12.9. The van der Waals surface area contributed by atoms with E-state index in [2.05, 4.69) is 5.32 Å². The maximum atomic E-state index is 12.9. The van der Waals surface area contributed by atoms with Crippen LogP contribution >= 0.6 is 0 Å². The number of morpholine rings is 1.